The van der Waals surface area contributed by atoms with Crippen LogP contribution in [0.2, 0.25) is 0 Å². The maximum absolute atomic E-state index is 13.0. The van der Waals surface area contributed by atoms with Crippen LogP contribution in [0.3, 0.4) is 0 Å². The summed E-state index contributed by atoms with van der Waals surface area (Å²) in [5, 5.41) is 4.01. The fourth-order valence-corrected chi connectivity index (χ4v) is 4.28. The molecular formula is C23H26N4O2. The molecule has 1 aliphatic rings. The second-order valence-corrected chi connectivity index (χ2v) is 7.48. The molecule has 0 spiro atoms. The molecule has 1 aliphatic heterocycles. The highest BCUT2D eigenvalue weighted by molar-refractivity contribution is 5.77. The summed E-state index contributed by atoms with van der Waals surface area (Å²) >= 11 is 0. The van der Waals surface area contributed by atoms with Crippen molar-refractivity contribution in [3.8, 4) is 11.4 Å². The first-order chi connectivity index (χ1) is 14.3. The first-order valence-electron chi connectivity index (χ1n) is 10.3. The highest BCUT2D eigenvalue weighted by atomic mass is 16.5. The molecule has 1 aromatic carbocycles. The quantitative estimate of drug-likeness (QED) is 0.603. The zero-order valence-electron chi connectivity index (χ0n) is 16.7. The van der Waals surface area contributed by atoms with Gasteiger partial charge in [0.2, 0.25) is 17.6 Å². The summed E-state index contributed by atoms with van der Waals surface area (Å²) in [4.78, 5) is 23.5. The molecule has 2 atom stereocenters. The highest BCUT2D eigenvalue weighted by Crippen LogP contribution is 2.34. The summed E-state index contributed by atoms with van der Waals surface area (Å²) in [6.45, 7) is 3.04. The lowest BCUT2D eigenvalue weighted by Crippen LogP contribution is -2.39. The van der Waals surface area contributed by atoms with Gasteiger partial charge in [-0.1, -0.05) is 42.4 Å². The van der Waals surface area contributed by atoms with Crippen LogP contribution in [0.5, 0.6) is 0 Å². The predicted octanol–water partition coefficient (Wildman–Crippen LogP) is 4.25. The number of aryl methyl sites for hydroxylation is 1. The highest BCUT2D eigenvalue weighted by Gasteiger charge is 2.34. The van der Waals surface area contributed by atoms with E-state index in [1.54, 1.807) is 12.4 Å². The molecule has 150 valence electrons. The molecule has 3 aromatic rings. The van der Waals surface area contributed by atoms with E-state index < -0.39 is 0 Å². The Morgan fingerprint density at radius 3 is 2.86 bits per heavy atom. The van der Waals surface area contributed by atoms with E-state index in [2.05, 4.69) is 51.2 Å². The Labute approximate surface area is 171 Å². The van der Waals surface area contributed by atoms with Crippen molar-refractivity contribution < 1.29 is 9.32 Å². The van der Waals surface area contributed by atoms with Crippen molar-refractivity contribution in [1.29, 1.82) is 0 Å². The summed E-state index contributed by atoms with van der Waals surface area (Å²) in [6, 6.07) is 14.5. The Kier molecular flexibility index (Phi) is 5.98. The van der Waals surface area contributed by atoms with Crippen molar-refractivity contribution in [1.82, 2.24) is 20.0 Å². The fourth-order valence-electron chi connectivity index (χ4n) is 4.28. The third kappa shape index (κ3) is 4.36. The van der Waals surface area contributed by atoms with Crippen LogP contribution >= 0.6 is 0 Å². The largest absolute Gasteiger partial charge is 0.339 e. The summed E-state index contributed by atoms with van der Waals surface area (Å²) in [6.07, 6.45) is 7.39. The summed E-state index contributed by atoms with van der Waals surface area (Å²) in [7, 11) is 0. The SMILES string of the molecule is CCC(c1ccccc1)C1CCCN1C(=O)CCc1nc(-c2cccnc2)no1. The number of pyridine rings is 1. The van der Waals surface area contributed by atoms with Gasteiger partial charge in [-0.2, -0.15) is 4.98 Å². The van der Waals surface area contributed by atoms with Gasteiger partial charge in [0.1, 0.15) is 0 Å². The number of rotatable bonds is 7. The van der Waals surface area contributed by atoms with Crippen molar-refractivity contribution in [2.45, 2.75) is 51.0 Å². The fraction of sp³-hybridized carbons (Fsp3) is 0.391. The number of amides is 1. The molecule has 0 N–H and O–H groups in total. The summed E-state index contributed by atoms with van der Waals surface area (Å²) < 4.78 is 5.34. The molecule has 29 heavy (non-hydrogen) atoms. The van der Waals surface area contributed by atoms with Crippen LogP contribution < -0.4 is 0 Å². The van der Waals surface area contributed by atoms with Crippen LogP contribution in [0.25, 0.3) is 11.4 Å². The molecule has 1 fully saturated rings. The van der Waals surface area contributed by atoms with E-state index in [4.69, 9.17) is 4.52 Å². The zero-order chi connectivity index (χ0) is 20.1. The van der Waals surface area contributed by atoms with Crippen LogP contribution in [0.1, 0.15) is 50.0 Å². The van der Waals surface area contributed by atoms with Crippen molar-refractivity contribution in [3.63, 3.8) is 0 Å². The lowest BCUT2D eigenvalue weighted by Gasteiger charge is -2.31. The predicted molar refractivity (Wildman–Crippen MR) is 110 cm³/mol. The van der Waals surface area contributed by atoms with Crippen molar-refractivity contribution in [3.05, 3.63) is 66.3 Å². The average Bonchev–Trinajstić information content (AvgIpc) is 3.44. The molecule has 2 unspecified atom stereocenters. The molecule has 1 amide bonds. The third-order valence-electron chi connectivity index (χ3n) is 5.69. The second-order valence-electron chi connectivity index (χ2n) is 7.48. The van der Waals surface area contributed by atoms with Crippen LogP contribution in [0, 0.1) is 0 Å². The van der Waals surface area contributed by atoms with Gasteiger partial charge in [-0.25, -0.2) is 0 Å². The van der Waals surface area contributed by atoms with Gasteiger partial charge in [0, 0.05) is 49.3 Å². The van der Waals surface area contributed by atoms with E-state index in [-0.39, 0.29) is 11.9 Å². The standard InChI is InChI=1S/C23H26N4O2/c1-2-19(17-8-4-3-5-9-17)20-11-7-15-27(20)22(28)13-12-21-25-23(26-29-21)18-10-6-14-24-16-18/h3-6,8-10,14,16,19-20H,2,7,11-13,15H2,1H3. The van der Waals surface area contributed by atoms with Crippen molar-refractivity contribution >= 4 is 5.91 Å². The van der Waals surface area contributed by atoms with Crippen molar-refractivity contribution in [2.75, 3.05) is 6.54 Å². The van der Waals surface area contributed by atoms with E-state index >= 15 is 0 Å². The molecule has 0 radical (unpaired) electrons. The van der Waals surface area contributed by atoms with E-state index in [9.17, 15) is 4.79 Å². The lowest BCUT2D eigenvalue weighted by molar-refractivity contribution is -0.132. The zero-order valence-corrected chi connectivity index (χ0v) is 16.7. The first kappa shape index (κ1) is 19.3. The number of hydrogen-bond acceptors (Lipinski definition) is 5. The minimum atomic E-state index is 0.169. The van der Waals surface area contributed by atoms with Crippen molar-refractivity contribution in [2.24, 2.45) is 0 Å². The number of hydrogen-bond donors (Lipinski definition) is 0. The molecule has 2 aromatic heterocycles. The van der Waals surface area contributed by atoms with E-state index in [1.165, 1.54) is 5.56 Å². The Morgan fingerprint density at radius 1 is 1.24 bits per heavy atom. The van der Waals surface area contributed by atoms with E-state index in [1.807, 2.05) is 18.2 Å². The number of benzene rings is 1. The van der Waals surface area contributed by atoms with Gasteiger partial charge in [0.25, 0.3) is 0 Å². The van der Waals surface area contributed by atoms with Gasteiger partial charge < -0.3 is 9.42 Å². The van der Waals surface area contributed by atoms with Gasteiger partial charge in [-0.05, 0) is 37.0 Å². The van der Waals surface area contributed by atoms with Crippen LogP contribution in [-0.2, 0) is 11.2 Å². The Hall–Kier alpha value is -3.02. The minimum Gasteiger partial charge on any atom is -0.339 e. The minimum absolute atomic E-state index is 0.169. The average molecular weight is 390 g/mol. The smallest absolute Gasteiger partial charge is 0.227 e. The topological polar surface area (TPSA) is 72.1 Å². The Bertz CT molecular complexity index is 926. The molecule has 3 heterocycles. The van der Waals surface area contributed by atoms with Gasteiger partial charge >= 0.3 is 0 Å². The number of nitrogens with zero attached hydrogens (tertiary/aromatic N) is 4. The summed E-state index contributed by atoms with van der Waals surface area (Å²) in [5.74, 6) is 1.55. The maximum atomic E-state index is 13.0. The summed E-state index contributed by atoms with van der Waals surface area (Å²) in [5.41, 5.74) is 2.12. The number of carbonyl (C=O) groups excluding carboxylic acids is 1. The monoisotopic (exact) mass is 390 g/mol. The first-order valence-corrected chi connectivity index (χ1v) is 10.3. The molecule has 4 rings (SSSR count). The number of likely N-dealkylation sites (tertiary alicyclic amines) is 1. The normalized spacial score (nSPS) is 17.4. The number of carbonyl (C=O) groups is 1. The molecule has 0 saturated carbocycles. The van der Waals surface area contributed by atoms with Gasteiger partial charge in [0.05, 0.1) is 0 Å². The van der Waals surface area contributed by atoms with E-state index in [0.29, 0.717) is 30.5 Å². The molecule has 6 nitrogen and oxygen atoms in total. The Morgan fingerprint density at radius 2 is 2.10 bits per heavy atom. The van der Waals surface area contributed by atoms with Gasteiger partial charge in [-0.3, -0.25) is 9.78 Å². The van der Waals surface area contributed by atoms with E-state index in [0.717, 1.165) is 31.4 Å². The molecule has 0 bridgehead atoms. The lowest BCUT2D eigenvalue weighted by atomic mass is 9.87. The third-order valence-corrected chi connectivity index (χ3v) is 5.69. The van der Waals surface area contributed by atoms with Crippen LogP contribution in [0.15, 0.2) is 59.4 Å². The van der Waals surface area contributed by atoms with Crippen LogP contribution in [0.4, 0.5) is 0 Å². The maximum Gasteiger partial charge on any atom is 0.227 e. The van der Waals surface area contributed by atoms with Gasteiger partial charge in [0.15, 0.2) is 0 Å². The molecule has 1 saturated heterocycles. The number of aromatic nitrogens is 3. The van der Waals surface area contributed by atoms with Gasteiger partial charge in [-0.15, -0.1) is 0 Å². The molecule has 6 heteroatoms. The molecular weight excluding hydrogens is 364 g/mol. The molecule has 0 aliphatic carbocycles. The Balaban J connectivity index is 1.40. The van der Waals surface area contributed by atoms with Crippen LogP contribution in [-0.4, -0.2) is 38.5 Å². The second kappa shape index (κ2) is 8.99.